The molecule has 0 spiro atoms. The van der Waals surface area contributed by atoms with E-state index in [0.717, 1.165) is 23.2 Å². The first-order chi connectivity index (χ1) is 6.68. The van der Waals surface area contributed by atoms with Crippen molar-refractivity contribution in [2.45, 2.75) is 65.7 Å². The predicted octanol–water partition coefficient (Wildman–Crippen LogP) is 4.64. The van der Waals surface area contributed by atoms with Crippen molar-refractivity contribution in [2.75, 3.05) is 0 Å². The van der Waals surface area contributed by atoms with Crippen LogP contribution in [-0.2, 0) is 0 Å². The van der Waals surface area contributed by atoms with E-state index in [0.29, 0.717) is 0 Å². The highest BCUT2D eigenvalue weighted by Gasteiger charge is 2.60. The molecular formula is C14H26. The SMILES string of the molecule is CCCC(C)CC1(C)C2CCCCC21. The van der Waals surface area contributed by atoms with Gasteiger partial charge in [-0.2, -0.15) is 0 Å². The predicted molar refractivity (Wildman–Crippen MR) is 62.2 cm³/mol. The van der Waals surface area contributed by atoms with Crippen LogP contribution in [0.5, 0.6) is 0 Å². The van der Waals surface area contributed by atoms with E-state index >= 15 is 0 Å². The molecule has 2 aliphatic carbocycles. The molecule has 82 valence electrons. The quantitative estimate of drug-likeness (QED) is 0.611. The van der Waals surface area contributed by atoms with Gasteiger partial charge in [-0.05, 0) is 42.4 Å². The van der Waals surface area contributed by atoms with Crippen LogP contribution in [0.25, 0.3) is 0 Å². The fourth-order valence-corrected chi connectivity index (χ4v) is 4.20. The molecule has 0 heterocycles. The summed E-state index contributed by atoms with van der Waals surface area (Å²) in [5.41, 5.74) is 0.769. The van der Waals surface area contributed by atoms with Crippen LogP contribution in [-0.4, -0.2) is 0 Å². The molecule has 0 heteroatoms. The smallest absolute Gasteiger partial charge is 0.0261 e. The van der Waals surface area contributed by atoms with E-state index < -0.39 is 0 Å². The average molecular weight is 194 g/mol. The Balaban J connectivity index is 1.85. The van der Waals surface area contributed by atoms with E-state index in [1.807, 2.05) is 0 Å². The van der Waals surface area contributed by atoms with Gasteiger partial charge in [0, 0.05) is 0 Å². The van der Waals surface area contributed by atoms with Crippen LogP contribution in [0.1, 0.15) is 65.7 Å². The van der Waals surface area contributed by atoms with Crippen molar-refractivity contribution in [3.63, 3.8) is 0 Å². The minimum atomic E-state index is 0.769. The number of hydrogen-bond acceptors (Lipinski definition) is 0. The van der Waals surface area contributed by atoms with Crippen LogP contribution < -0.4 is 0 Å². The molecular weight excluding hydrogens is 168 g/mol. The summed E-state index contributed by atoms with van der Waals surface area (Å²) in [4.78, 5) is 0. The zero-order valence-corrected chi connectivity index (χ0v) is 10.2. The molecule has 0 aromatic heterocycles. The highest BCUT2D eigenvalue weighted by Crippen LogP contribution is 2.67. The fraction of sp³-hybridized carbons (Fsp3) is 1.00. The van der Waals surface area contributed by atoms with Gasteiger partial charge >= 0.3 is 0 Å². The van der Waals surface area contributed by atoms with Gasteiger partial charge in [0.05, 0.1) is 0 Å². The molecule has 0 N–H and O–H groups in total. The summed E-state index contributed by atoms with van der Waals surface area (Å²) in [6.45, 7) is 7.34. The van der Waals surface area contributed by atoms with Gasteiger partial charge in [0.15, 0.2) is 0 Å². The Labute approximate surface area is 89.5 Å². The lowest BCUT2D eigenvalue weighted by Crippen LogP contribution is -2.06. The molecule has 0 nitrogen and oxygen atoms in total. The summed E-state index contributed by atoms with van der Waals surface area (Å²) in [6.07, 6.45) is 10.4. The topological polar surface area (TPSA) is 0 Å². The van der Waals surface area contributed by atoms with E-state index in [2.05, 4.69) is 20.8 Å². The van der Waals surface area contributed by atoms with Crippen molar-refractivity contribution in [1.29, 1.82) is 0 Å². The Morgan fingerprint density at radius 3 is 2.29 bits per heavy atom. The third-order valence-electron chi connectivity index (χ3n) is 4.92. The van der Waals surface area contributed by atoms with Crippen LogP contribution in [0.2, 0.25) is 0 Å². The molecule has 0 bridgehead atoms. The molecule has 0 aliphatic heterocycles. The van der Waals surface area contributed by atoms with Gasteiger partial charge in [0.2, 0.25) is 0 Å². The zero-order chi connectivity index (χ0) is 10.2. The zero-order valence-electron chi connectivity index (χ0n) is 10.2. The number of fused-ring (bicyclic) bond motifs is 1. The molecule has 0 amide bonds. The first-order valence-electron chi connectivity index (χ1n) is 6.68. The van der Waals surface area contributed by atoms with Crippen molar-refractivity contribution in [2.24, 2.45) is 23.2 Å². The molecule has 2 fully saturated rings. The maximum atomic E-state index is 2.57. The number of hydrogen-bond donors (Lipinski definition) is 0. The van der Waals surface area contributed by atoms with E-state index in [9.17, 15) is 0 Å². The van der Waals surface area contributed by atoms with E-state index in [4.69, 9.17) is 0 Å². The summed E-state index contributed by atoms with van der Waals surface area (Å²) in [6, 6.07) is 0. The summed E-state index contributed by atoms with van der Waals surface area (Å²) in [7, 11) is 0. The third-order valence-corrected chi connectivity index (χ3v) is 4.92. The van der Waals surface area contributed by atoms with Crippen molar-refractivity contribution in [3.8, 4) is 0 Å². The van der Waals surface area contributed by atoms with Gasteiger partial charge in [0.25, 0.3) is 0 Å². The summed E-state index contributed by atoms with van der Waals surface area (Å²) < 4.78 is 0. The Morgan fingerprint density at radius 2 is 1.79 bits per heavy atom. The molecule has 0 aromatic carbocycles. The van der Waals surface area contributed by atoms with Gasteiger partial charge in [0.1, 0.15) is 0 Å². The monoisotopic (exact) mass is 194 g/mol. The molecule has 0 aromatic rings. The molecule has 2 aliphatic rings. The van der Waals surface area contributed by atoms with Crippen molar-refractivity contribution in [1.82, 2.24) is 0 Å². The van der Waals surface area contributed by atoms with E-state index in [1.165, 1.54) is 32.1 Å². The largest absolute Gasteiger partial charge is 0.0654 e. The molecule has 3 unspecified atom stereocenters. The second kappa shape index (κ2) is 3.87. The fourth-order valence-electron chi connectivity index (χ4n) is 4.20. The van der Waals surface area contributed by atoms with Crippen LogP contribution >= 0.6 is 0 Å². The summed E-state index contributed by atoms with van der Waals surface area (Å²) >= 11 is 0. The van der Waals surface area contributed by atoms with Gasteiger partial charge < -0.3 is 0 Å². The minimum Gasteiger partial charge on any atom is -0.0654 e. The van der Waals surface area contributed by atoms with E-state index in [-0.39, 0.29) is 0 Å². The second-order valence-corrected chi connectivity index (χ2v) is 6.10. The molecule has 14 heavy (non-hydrogen) atoms. The normalized spacial score (nSPS) is 43.1. The average Bonchev–Trinajstić information content (AvgIpc) is 2.73. The standard InChI is InChI=1S/C14H26/c1-4-7-11(2)10-14(3)12-8-5-6-9-13(12)14/h11-13H,4-10H2,1-3H3. The van der Waals surface area contributed by atoms with Gasteiger partial charge in [-0.1, -0.05) is 46.5 Å². The molecule has 0 saturated heterocycles. The van der Waals surface area contributed by atoms with Crippen LogP contribution in [0, 0.1) is 23.2 Å². The Bertz CT molecular complexity index is 182. The molecule has 2 rings (SSSR count). The minimum absolute atomic E-state index is 0.769. The Kier molecular flexibility index (Phi) is 2.91. The van der Waals surface area contributed by atoms with Crippen LogP contribution in [0.3, 0.4) is 0 Å². The van der Waals surface area contributed by atoms with Crippen molar-refractivity contribution < 1.29 is 0 Å². The Hall–Kier alpha value is 0. The van der Waals surface area contributed by atoms with Crippen LogP contribution in [0.15, 0.2) is 0 Å². The summed E-state index contributed by atoms with van der Waals surface area (Å²) in [5.74, 6) is 3.21. The lowest BCUT2D eigenvalue weighted by Gasteiger charge is -2.17. The first-order valence-corrected chi connectivity index (χ1v) is 6.68. The first kappa shape index (κ1) is 10.5. The maximum absolute atomic E-state index is 2.57. The Morgan fingerprint density at radius 1 is 1.21 bits per heavy atom. The van der Waals surface area contributed by atoms with Crippen molar-refractivity contribution in [3.05, 3.63) is 0 Å². The molecule has 3 atom stereocenters. The molecule has 0 radical (unpaired) electrons. The van der Waals surface area contributed by atoms with Crippen molar-refractivity contribution >= 4 is 0 Å². The van der Waals surface area contributed by atoms with Gasteiger partial charge in [-0.3, -0.25) is 0 Å². The van der Waals surface area contributed by atoms with Gasteiger partial charge in [-0.15, -0.1) is 0 Å². The highest BCUT2D eigenvalue weighted by atomic mass is 14.6. The molecule has 2 saturated carbocycles. The number of rotatable bonds is 4. The lowest BCUT2D eigenvalue weighted by atomic mass is 9.88. The van der Waals surface area contributed by atoms with E-state index in [1.54, 1.807) is 12.8 Å². The second-order valence-electron chi connectivity index (χ2n) is 6.10. The maximum Gasteiger partial charge on any atom is -0.0261 e. The third kappa shape index (κ3) is 1.73. The van der Waals surface area contributed by atoms with Gasteiger partial charge in [-0.25, -0.2) is 0 Å². The highest BCUT2D eigenvalue weighted by molar-refractivity contribution is 5.09. The summed E-state index contributed by atoms with van der Waals surface area (Å²) in [5, 5.41) is 0. The lowest BCUT2D eigenvalue weighted by molar-refractivity contribution is 0.337. The van der Waals surface area contributed by atoms with Crippen LogP contribution in [0.4, 0.5) is 0 Å².